The Morgan fingerprint density at radius 2 is 2.00 bits per heavy atom. The first-order valence-electron chi connectivity index (χ1n) is 3.11. The summed E-state index contributed by atoms with van der Waals surface area (Å²) in [6, 6.07) is 0. The van der Waals surface area contributed by atoms with Crippen LogP contribution in [0.25, 0.3) is 0 Å². The van der Waals surface area contributed by atoms with Crippen LogP contribution in [0, 0.1) is 0 Å². The van der Waals surface area contributed by atoms with Crippen molar-refractivity contribution in [1.29, 1.82) is 0 Å². The van der Waals surface area contributed by atoms with Crippen LogP contribution in [0.3, 0.4) is 0 Å². The Balaban J connectivity index is 4.92. The fraction of sp³-hybridized carbons (Fsp3) is 0.800. The summed E-state index contributed by atoms with van der Waals surface area (Å²) in [5.41, 5.74) is 4.84. The summed E-state index contributed by atoms with van der Waals surface area (Å²) < 4.78 is 10.7. The van der Waals surface area contributed by atoms with Crippen molar-refractivity contribution in [1.82, 2.24) is 0 Å². The molecule has 6 heteroatoms. The second-order valence-electron chi connectivity index (χ2n) is 2.54. The van der Waals surface area contributed by atoms with Crippen LogP contribution in [-0.2, 0) is 9.36 Å². The number of hydrogen-bond acceptors (Lipinski definition) is 2. The molecule has 0 fully saturated rings. The van der Waals surface area contributed by atoms with E-state index in [0.29, 0.717) is 0 Å². The van der Waals surface area contributed by atoms with Gasteiger partial charge in [0.25, 0.3) is 0 Å². The van der Waals surface area contributed by atoms with Crippen molar-refractivity contribution in [2.24, 2.45) is 5.73 Å². The maximum Gasteiger partial charge on any atom is 0.340 e. The molecule has 0 aromatic heterocycles. The van der Waals surface area contributed by atoms with E-state index >= 15 is 0 Å². The molecule has 0 spiro atoms. The molecule has 11 heavy (non-hydrogen) atoms. The summed E-state index contributed by atoms with van der Waals surface area (Å²) in [5, 5.41) is -1.72. The van der Waals surface area contributed by atoms with E-state index in [1.165, 1.54) is 6.92 Å². The van der Waals surface area contributed by atoms with E-state index in [-0.39, 0.29) is 6.42 Å². The van der Waals surface area contributed by atoms with E-state index in [9.17, 15) is 9.36 Å². The lowest BCUT2D eigenvalue weighted by atomic mass is 10.1. The highest BCUT2D eigenvalue weighted by molar-refractivity contribution is 7.54. The van der Waals surface area contributed by atoms with Crippen LogP contribution < -0.4 is 5.73 Å². The molecule has 0 aliphatic rings. The molecule has 0 aromatic carbocycles. The van der Waals surface area contributed by atoms with Crippen LogP contribution in [0.5, 0.6) is 0 Å². The lowest BCUT2D eigenvalue weighted by Crippen LogP contribution is -2.40. The Morgan fingerprint density at radius 3 is 2.00 bits per heavy atom. The predicted octanol–water partition coefficient (Wildman–Crippen LogP) is -0.182. The van der Waals surface area contributed by atoms with Gasteiger partial charge in [-0.1, -0.05) is 6.92 Å². The van der Waals surface area contributed by atoms with Crippen molar-refractivity contribution in [3.05, 3.63) is 0 Å². The number of hydrogen-bond donors (Lipinski definition) is 3. The van der Waals surface area contributed by atoms with Crippen LogP contribution in [0.2, 0.25) is 0 Å². The molecule has 0 heterocycles. The molecule has 0 aliphatic heterocycles. The first-order valence-corrected chi connectivity index (χ1v) is 4.72. The smallest absolute Gasteiger partial charge is 0.340 e. The molecule has 0 saturated heterocycles. The zero-order valence-corrected chi connectivity index (χ0v) is 7.34. The number of amides is 1. The van der Waals surface area contributed by atoms with Crippen molar-refractivity contribution >= 4 is 13.5 Å². The highest BCUT2D eigenvalue weighted by Crippen LogP contribution is 2.51. The van der Waals surface area contributed by atoms with Crippen molar-refractivity contribution in [3.8, 4) is 0 Å². The van der Waals surface area contributed by atoms with E-state index in [0.717, 1.165) is 6.92 Å². The number of carbonyl (C=O) groups excluding carboxylic acids is 1. The van der Waals surface area contributed by atoms with Gasteiger partial charge in [0.05, 0.1) is 0 Å². The molecular weight excluding hydrogens is 169 g/mol. The van der Waals surface area contributed by atoms with E-state index in [4.69, 9.17) is 15.5 Å². The molecule has 0 saturated carbocycles. The van der Waals surface area contributed by atoms with Crippen LogP contribution in [0.15, 0.2) is 0 Å². The fourth-order valence-corrected chi connectivity index (χ4v) is 1.22. The number of rotatable bonds is 3. The highest BCUT2D eigenvalue weighted by atomic mass is 31.2. The van der Waals surface area contributed by atoms with Gasteiger partial charge in [0.15, 0.2) is 0 Å². The Morgan fingerprint density at radius 1 is 1.64 bits per heavy atom. The third-order valence-electron chi connectivity index (χ3n) is 1.86. The van der Waals surface area contributed by atoms with Crippen LogP contribution in [0.1, 0.15) is 20.3 Å². The maximum atomic E-state index is 10.7. The van der Waals surface area contributed by atoms with Gasteiger partial charge < -0.3 is 15.5 Å². The summed E-state index contributed by atoms with van der Waals surface area (Å²) in [5.74, 6) is -0.965. The zero-order valence-electron chi connectivity index (χ0n) is 6.44. The average molecular weight is 181 g/mol. The van der Waals surface area contributed by atoms with Gasteiger partial charge in [-0.2, -0.15) is 0 Å². The average Bonchev–Trinajstić information content (AvgIpc) is 1.83. The fourth-order valence-electron chi connectivity index (χ4n) is 0.524. The maximum absolute atomic E-state index is 10.7. The number of primary amides is 1. The second-order valence-corrected chi connectivity index (χ2v) is 4.61. The van der Waals surface area contributed by atoms with Gasteiger partial charge in [0, 0.05) is 0 Å². The van der Waals surface area contributed by atoms with Gasteiger partial charge in [0.1, 0.15) is 5.16 Å². The molecule has 1 atom stereocenters. The molecule has 0 radical (unpaired) electrons. The summed E-state index contributed by atoms with van der Waals surface area (Å²) in [4.78, 5) is 28.1. The van der Waals surface area contributed by atoms with Crippen LogP contribution in [-0.4, -0.2) is 20.9 Å². The van der Waals surface area contributed by atoms with Gasteiger partial charge >= 0.3 is 7.60 Å². The monoisotopic (exact) mass is 181 g/mol. The lowest BCUT2D eigenvalue weighted by Gasteiger charge is -2.24. The van der Waals surface area contributed by atoms with Crippen molar-refractivity contribution < 1.29 is 19.1 Å². The molecule has 0 aromatic rings. The lowest BCUT2D eigenvalue weighted by molar-refractivity contribution is -0.120. The third kappa shape index (κ3) is 1.80. The minimum atomic E-state index is -4.42. The molecule has 1 unspecified atom stereocenters. The van der Waals surface area contributed by atoms with Gasteiger partial charge in [-0.05, 0) is 13.3 Å². The Kier molecular flexibility index (Phi) is 2.83. The van der Waals surface area contributed by atoms with Crippen LogP contribution in [0.4, 0.5) is 0 Å². The minimum absolute atomic E-state index is 0.0343. The topological polar surface area (TPSA) is 101 Å². The quantitative estimate of drug-likeness (QED) is 0.525. The van der Waals surface area contributed by atoms with E-state index in [1.807, 2.05) is 0 Å². The SMILES string of the molecule is CCC(C)(C(N)=O)P(=O)(O)O. The van der Waals surface area contributed by atoms with Crippen LogP contribution >= 0.6 is 7.60 Å². The standard InChI is InChI=1S/C5H12NO4P/c1-3-5(2,4(6)7)11(8,9)10/h3H2,1-2H3,(H2,6,7)(H2,8,9,10). The van der Waals surface area contributed by atoms with Gasteiger partial charge in [-0.15, -0.1) is 0 Å². The normalized spacial score (nSPS) is 17.5. The van der Waals surface area contributed by atoms with Gasteiger partial charge in [-0.25, -0.2) is 0 Å². The number of nitrogens with two attached hydrogens (primary N) is 1. The van der Waals surface area contributed by atoms with Gasteiger partial charge in [0.2, 0.25) is 5.91 Å². The van der Waals surface area contributed by atoms with Crippen molar-refractivity contribution in [3.63, 3.8) is 0 Å². The van der Waals surface area contributed by atoms with E-state index in [2.05, 4.69) is 0 Å². The first kappa shape index (κ1) is 10.6. The molecular formula is C5H12NO4P. The molecule has 0 aliphatic carbocycles. The first-order chi connectivity index (χ1) is 4.75. The number of carbonyl (C=O) groups is 1. The summed E-state index contributed by atoms with van der Waals surface area (Å²) in [6.45, 7) is 2.67. The molecule has 1 amide bonds. The Hall–Kier alpha value is -0.380. The van der Waals surface area contributed by atoms with Gasteiger partial charge in [-0.3, -0.25) is 9.36 Å². The Bertz CT molecular complexity index is 211. The molecule has 5 nitrogen and oxygen atoms in total. The minimum Gasteiger partial charge on any atom is -0.369 e. The summed E-state index contributed by atoms with van der Waals surface area (Å²) >= 11 is 0. The molecule has 66 valence electrons. The van der Waals surface area contributed by atoms with Crippen molar-refractivity contribution in [2.45, 2.75) is 25.4 Å². The van der Waals surface area contributed by atoms with Crippen molar-refractivity contribution in [2.75, 3.05) is 0 Å². The zero-order chi connectivity index (χ0) is 9.28. The van der Waals surface area contributed by atoms with E-state index < -0.39 is 18.7 Å². The predicted molar refractivity (Wildman–Crippen MR) is 39.9 cm³/mol. The summed E-state index contributed by atoms with van der Waals surface area (Å²) in [6.07, 6.45) is 0.0343. The second kappa shape index (κ2) is 2.93. The Labute approximate surface area is 64.8 Å². The molecule has 4 N–H and O–H groups in total. The third-order valence-corrected chi connectivity index (χ3v) is 3.68. The summed E-state index contributed by atoms with van der Waals surface area (Å²) in [7, 11) is -4.42. The van der Waals surface area contributed by atoms with E-state index in [1.54, 1.807) is 0 Å². The highest BCUT2D eigenvalue weighted by Gasteiger charge is 2.46. The molecule has 0 bridgehead atoms. The largest absolute Gasteiger partial charge is 0.369 e. The molecule has 0 rings (SSSR count).